The fourth-order valence-corrected chi connectivity index (χ4v) is 2.04. The number of hydrogen-bond acceptors (Lipinski definition) is 4. The third-order valence-corrected chi connectivity index (χ3v) is 2.99. The van der Waals surface area contributed by atoms with E-state index in [0.29, 0.717) is 5.56 Å². The van der Waals surface area contributed by atoms with Crippen LogP contribution in [0.3, 0.4) is 0 Å². The number of Topliss-reactive ketones (excluding diaryl/α,β-unsaturated/α-hetero) is 1. The Hall–Kier alpha value is -2.14. The highest BCUT2D eigenvalue weighted by Crippen LogP contribution is 2.21. The Morgan fingerprint density at radius 3 is 2.74 bits per heavy atom. The maximum atomic E-state index is 12.2. The van der Waals surface area contributed by atoms with E-state index in [-0.39, 0.29) is 6.61 Å². The zero-order valence-electron chi connectivity index (χ0n) is 10.9. The first-order valence-electron chi connectivity index (χ1n) is 6.06. The lowest BCUT2D eigenvalue weighted by Crippen LogP contribution is -2.40. The molecule has 1 unspecified atom stereocenters. The van der Waals surface area contributed by atoms with E-state index in [1.807, 2.05) is 35.9 Å². The fraction of sp³-hybridized carbons (Fsp3) is 0.286. The molecule has 0 amide bonds. The topological polar surface area (TPSA) is 74.3 Å². The summed E-state index contributed by atoms with van der Waals surface area (Å²) in [5, 5.41) is 0.787. The number of benzene rings is 1. The number of carbonyl (C=O) groups is 2. The molecule has 0 bridgehead atoms. The number of nitrogens with two attached hydrogens (primary N) is 1. The number of fused-ring (bicyclic) bond motifs is 1. The number of esters is 1. The highest BCUT2D eigenvalue weighted by molar-refractivity contribution is 6.17. The molecule has 1 aromatic heterocycles. The lowest BCUT2D eigenvalue weighted by molar-refractivity contribution is -0.143. The minimum Gasteiger partial charge on any atom is -0.464 e. The summed E-state index contributed by atoms with van der Waals surface area (Å²) in [6.45, 7) is 1.88. The van der Waals surface area contributed by atoms with Crippen LogP contribution in [-0.2, 0) is 16.6 Å². The average Bonchev–Trinajstić information content (AvgIpc) is 2.75. The monoisotopic (exact) mass is 260 g/mol. The standard InChI is InChI=1S/C14H16N2O3/c1-3-19-14(18)12(15)13(17)10-8-16(2)11-7-5-4-6-9(10)11/h4-8,12H,3,15H2,1-2H3. The Labute approximate surface area is 110 Å². The van der Waals surface area contributed by atoms with E-state index in [4.69, 9.17) is 10.5 Å². The van der Waals surface area contributed by atoms with E-state index in [2.05, 4.69) is 0 Å². The summed E-state index contributed by atoms with van der Waals surface area (Å²) in [5.41, 5.74) is 7.01. The zero-order valence-corrected chi connectivity index (χ0v) is 10.9. The van der Waals surface area contributed by atoms with Crippen LogP contribution in [0.2, 0.25) is 0 Å². The van der Waals surface area contributed by atoms with Gasteiger partial charge < -0.3 is 15.0 Å². The predicted octanol–water partition coefficient (Wildman–Crippen LogP) is 1.25. The number of ketones is 1. The Balaban J connectivity index is 2.39. The molecule has 0 fully saturated rings. The van der Waals surface area contributed by atoms with Crippen LogP contribution < -0.4 is 5.73 Å². The number of aryl methyl sites for hydroxylation is 1. The fourth-order valence-electron chi connectivity index (χ4n) is 2.04. The maximum Gasteiger partial charge on any atom is 0.331 e. The molecule has 19 heavy (non-hydrogen) atoms. The van der Waals surface area contributed by atoms with Crippen molar-refractivity contribution in [3.8, 4) is 0 Å². The number of aromatic nitrogens is 1. The molecule has 2 rings (SSSR count). The predicted molar refractivity (Wildman–Crippen MR) is 71.9 cm³/mol. The van der Waals surface area contributed by atoms with Crippen molar-refractivity contribution >= 4 is 22.7 Å². The second-order valence-electron chi connectivity index (χ2n) is 4.26. The largest absolute Gasteiger partial charge is 0.464 e. The Kier molecular flexibility index (Phi) is 3.66. The maximum absolute atomic E-state index is 12.2. The van der Waals surface area contributed by atoms with Crippen LogP contribution in [0, 0.1) is 0 Å². The number of ether oxygens (including phenoxy) is 1. The summed E-state index contributed by atoms with van der Waals surface area (Å²) in [7, 11) is 1.84. The summed E-state index contributed by atoms with van der Waals surface area (Å²) in [6, 6.07) is 6.20. The molecule has 1 aromatic carbocycles. The SMILES string of the molecule is CCOC(=O)C(N)C(=O)c1cn(C)c2ccccc12. The normalized spacial score (nSPS) is 12.4. The van der Waals surface area contributed by atoms with Gasteiger partial charge >= 0.3 is 5.97 Å². The molecule has 2 N–H and O–H groups in total. The van der Waals surface area contributed by atoms with Gasteiger partial charge in [-0.25, -0.2) is 4.79 Å². The summed E-state index contributed by atoms with van der Waals surface area (Å²) >= 11 is 0. The smallest absolute Gasteiger partial charge is 0.331 e. The summed E-state index contributed by atoms with van der Waals surface area (Å²) < 4.78 is 6.61. The van der Waals surface area contributed by atoms with Crippen molar-refractivity contribution in [1.82, 2.24) is 4.57 Å². The van der Waals surface area contributed by atoms with E-state index in [9.17, 15) is 9.59 Å². The number of para-hydroxylation sites is 1. The Bertz CT molecular complexity index is 631. The van der Waals surface area contributed by atoms with Gasteiger partial charge in [0.25, 0.3) is 0 Å². The van der Waals surface area contributed by atoms with Crippen molar-refractivity contribution in [2.75, 3.05) is 6.61 Å². The molecule has 5 heteroatoms. The molecule has 5 nitrogen and oxygen atoms in total. The van der Waals surface area contributed by atoms with Crippen molar-refractivity contribution in [2.45, 2.75) is 13.0 Å². The molecule has 0 aliphatic carbocycles. The minimum atomic E-state index is -1.27. The van der Waals surface area contributed by atoms with Crippen molar-refractivity contribution in [3.63, 3.8) is 0 Å². The third-order valence-electron chi connectivity index (χ3n) is 2.99. The van der Waals surface area contributed by atoms with Crippen LogP contribution in [0.1, 0.15) is 17.3 Å². The van der Waals surface area contributed by atoms with Gasteiger partial charge in [-0.1, -0.05) is 18.2 Å². The van der Waals surface area contributed by atoms with E-state index in [0.717, 1.165) is 10.9 Å². The first-order chi connectivity index (χ1) is 9.06. The van der Waals surface area contributed by atoms with Gasteiger partial charge in [-0.2, -0.15) is 0 Å². The molecule has 2 aromatic rings. The highest BCUT2D eigenvalue weighted by atomic mass is 16.5. The molecule has 1 heterocycles. The van der Waals surface area contributed by atoms with E-state index in [1.165, 1.54) is 0 Å². The first-order valence-corrected chi connectivity index (χ1v) is 6.06. The van der Waals surface area contributed by atoms with Crippen molar-refractivity contribution in [3.05, 3.63) is 36.0 Å². The summed E-state index contributed by atoms with van der Waals surface area (Å²) in [6.07, 6.45) is 1.69. The van der Waals surface area contributed by atoms with Crippen molar-refractivity contribution in [1.29, 1.82) is 0 Å². The average molecular weight is 260 g/mol. The Morgan fingerprint density at radius 1 is 1.37 bits per heavy atom. The van der Waals surface area contributed by atoms with E-state index in [1.54, 1.807) is 13.1 Å². The number of carbonyl (C=O) groups excluding carboxylic acids is 2. The minimum absolute atomic E-state index is 0.204. The van der Waals surface area contributed by atoms with E-state index >= 15 is 0 Å². The molecule has 0 aliphatic rings. The zero-order chi connectivity index (χ0) is 14.0. The Morgan fingerprint density at radius 2 is 2.05 bits per heavy atom. The molecule has 0 radical (unpaired) electrons. The second-order valence-corrected chi connectivity index (χ2v) is 4.26. The van der Waals surface area contributed by atoms with Gasteiger partial charge in [0.15, 0.2) is 11.8 Å². The van der Waals surface area contributed by atoms with Gasteiger partial charge in [-0.15, -0.1) is 0 Å². The molecular formula is C14H16N2O3. The third kappa shape index (κ3) is 2.37. The molecule has 0 spiro atoms. The van der Waals surface area contributed by atoms with Crippen LogP contribution in [0.5, 0.6) is 0 Å². The number of hydrogen-bond donors (Lipinski definition) is 1. The van der Waals surface area contributed by atoms with Gasteiger partial charge in [-0.05, 0) is 13.0 Å². The van der Waals surface area contributed by atoms with Gasteiger partial charge in [-0.3, -0.25) is 4.79 Å². The van der Waals surface area contributed by atoms with Gasteiger partial charge in [0.2, 0.25) is 0 Å². The van der Waals surface area contributed by atoms with Crippen LogP contribution >= 0.6 is 0 Å². The van der Waals surface area contributed by atoms with Gasteiger partial charge in [0.1, 0.15) is 0 Å². The summed E-state index contributed by atoms with van der Waals surface area (Å²) in [4.78, 5) is 23.8. The number of nitrogens with zero attached hydrogens (tertiary/aromatic N) is 1. The lowest BCUT2D eigenvalue weighted by Gasteiger charge is -2.08. The van der Waals surface area contributed by atoms with Crippen LogP contribution in [0.25, 0.3) is 10.9 Å². The molecule has 100 valence electrons. The molecular weight excluding hydrogens is 244 g/mol. The molecule has 0 aliphatic heterocycles. The van der Waals surface area contributed by atoms with E-state index < -0.39 is 17.8 Å². The lowest BCUT2D eigenvalue weighted by atomic mass is 10.0. The molecule has 0 saturated heterocycles. The molecule has 0 saturated carbocycles. The van der Waals surface area contributed by atoms with Gasteiger partial charge in [0.05, 0.1) is 6.61 Å². The van der Waals surface area contributed by atoms with Crippen molar-refractivity contribution in [2.24, 2.45) is 12.8 Å². The summed E-state index contributed by atoms with van der Waals surface area (Å²) in [5.74, 6) is -1.12. The van der Waals surface area contributed by atoms with Crippen LogP contribution in [-0.4, -0.2) is 29.0 Å². The molecule has 1 atom stereocenters. The van der Waals surface area contributed by atoms with Gasteiger partial charge in [0, 0.05) is 29.7 Å². The quantitative estimate of drug-likeness (QED) is 0.510. The van der Waals surface area contributed by atoms with Crippen LogP contribution in [0.4, 0.5) is 0 Å². The van der Waals surface area contributed by atoms with Crippen LogP contribution in [0.15, 0.2) is 30.5 Å². The van der Waals surface area contributed by atoms with Crippen molar-refractivity contribution < 1.29 is 14.3 Å². The first kappa shape index (κ1) is 13.3. The second kappa shape index (κ2) is 5.24. The number of rotatable bonds is 4. The highest BCUT2D eigenvalue weighted by Gasteiger charge is 2.27.